The maximum atomic E-state index is 5.96. The summed E-state index contributed by atoms with van der Waals surface area (Å²) in [7, 11) is 0. The van der Waals surface area contributed by atoms with Crippen molar-refractivity contribution in [3.63, 3.8) is 0 Å². The Morgan fingerprint density at radius 3 is 2.47 bits per heavy atom. The van der Waals surface area contributed by atoms with Crippen LogP contribution in [0.5, 0.6) is 0 Å². The molecule has 0 radical (unpaired) electrons. The molecule has 0 aromatic carbocycles. The molecule has 2 rings (SSSR count). The quantitative estimate of drug-likeness (QED) is 0.737. The maximum Gasteiger partial charge on any atom is 0.148 e. The van der Waals surface area contributed by atoms with Crippen molar-refractivity contribution >= 4 is 34.8 Å². The highest BCUT2D eigenvalue weighted by Crippen LogP contribution is 2.30. The standard InChI is InChI=1S/C9H4Cl3N3/c10-5-3-6(11)9(12)15-8(5)7-4-13-1-2-14-7/h1-4H. The molecule has 2 aromatic rings. The molecule has 15 heavy (non-hydrogen) atoms. The molecule has 0 unspecified atom stereocenters. The Morgan fingerprint density at radius 1 is 1.00 bits per heavy atom. The second-order valence-electron chi connectivity index (χ2n) is 2.68. The third kappa shape index (κ3) is 2.20. The summed E-state index contributed by atoms with van der Waals surface area (Å²) in [5.41, 5.74) is 1.03. The summed E-state index contributed by atoms with van der Waals surface area (Å²) in [6.07, 6.45) is 4.67. The summed E-state index contributed by atoms with van der Waals surface area (Å²) in [6, 6.07) is 1.53. The first kappa shape index (κ1) is 10.6. The van der Waals surface area contributed by atoms with Gasteiger partial charge in [0.2, 0.25) is 0 Å². The van der Waals surface area contributed by atoms with Crippen molar-refractivity contribution in [2.75, 3.05) is 0 Å². The molecule has 2 aromatic heterocycles. The second-order valence-corrected chi connectivity index (χ2v) is 3.85. The van der Waals surface area contributed by atoms with Crippen molar-refractivity contribution in [2.45, 2.75) is 0 Å². The highest BCUT2D eigenvalue weighted by Gasteiger charge is 2.10. The Kier molecular flexibility index (Phi) is 3.05. The smallest absolute Gasteiger partial charge is 0.148 e. The summed E-state index contributed by atoms with van der Waals surface area (Å²) < 4.78 is 0. The topological polar surface area (TPSA) is 38.7 Å². The Hall–Kier alpha value is -0.900. The number of aromatic nitrogens is 3. The molecule has 0 N–H and O–H groups in total. The van der Waals surface area contributed by atoms with Gasteiger partial charge in [0.1, 0.15) is 16.5 Å². The first-order valence-electron chi connectivity index (χ1n) is 3.96. The predicted octanol–water partition coefficient (Wildman–Crippen LogP) is 3.50. The van der Waals surface area contributed by atoms with Gasteiger partial charge in [-0.3, -0.25) is 9.97 Å². The first-order chi connectivity index (χ1) is 7.18. The molecule has 0 aliphatic rings. The maximum absolute atomic E-state index is 5.96. The fraction of sp³-hybridized carbons (Fsp3) is 0. The number of hydrogen-bond donors (Lipinski definition) is 0. The molecule has 0 fully saturated rings. The molecule has 0 aliphatic carbocycles. The third-order valence-electron chi connectivity index (χ3n) is 1.69. The van der Waals surface area contributed by atoms with Crippen LogP contribution in [-0.2, 0) is 0 Å². The van der Waals surface area contributed by atoms with E-state index in [1.54, 1.807) is 18.6 Å². The molecule has 0 saturated heterocycles. The van der Waals surface area contributed by atoms with Crippen LogP contribution in [0.4, 0.5) is 0 Å². The van der Waals surface area contributed by atoms with Gasteiger partial charge >= 0.3 is 0 Å². The Bertz CT molecular complexity index is 487. The summed E-state index contributed by atoms with van der Waals surface area (Å²) >= 11 is 17.5. The van der Waals surface area contributed by atoms with Gasteiger partial charge in [0.15, 0.2) is 0 Å². The van der Waals surface area contributed by atoms with E-state index in [1.807, 2.05) is 0 Å². The Balaban J connectivity index is 2.59. The fourth-order valence-electron chi connectivity index (χ4n) is 1.05. The molecule has 0 spiro atoms. The lowest BCUT2D eigenvalue weighted by Crippen LogP contribution is -1.90. The normalized spacial score (nSPS) is 10.3. The van der Waals surface area contributed by atoms with E-state index >= 15 is 0 Å². The molecule has 6 heteroatoms. The lowest BCUT2D eigenvalue weighted by molar-refractivity contribution is 1.18. The molecule has 2 heterocycles. The molecular formula is C9H4Cl3N3. The van der Waals surface area contributed by atoms with E-state index < -0.39 is 0 Å². The largest absolute Gasteiger partial charge is 0.261 e. The zero-order chi connectivity index (χ0) is 10.8. The lowest BCUT2D eigenvalue weighted by Gasteiger charge is -2.03. The average molecular weight is 261 g/mol. The van der Waals surface area contributed by atoms with E-state index in [2.05, 4.69) is 15.0 Å². The highest BCUT2D eigenvalue weighted by atomic mass is 35.5. The van der Waals surface area contributed by atoms with Crippen molar-refractivity contribution in [2.24, 2.45) is 0 Å². The van der Waals surface area contributed by atoms with Crippen LogP contribution in [0.15, 0.2) is 24.7 Å². The van der Waals surface area contributed by atoms with E-state index in [4.69, 9.17) is 34.8 Å². The minimum absolute atomic E-state index is 0.196. The SMILES string of the molecule is Clc1cc(Cl)c(-c2cnccn2)nc1Cl. The summed E-state index contributed by atoms with van der Waals surface area (Å²) in [5, 5.41) is 0.904. The second kappa shape index (κ2) is 4.31. The number of halogens is 3. The fourth-order valence-corrected chi connectivity index (χ4v) is 1.64. The van der Waals surface area contributed by atoms with Crippen molar-refractivity contribution in [1.29, 1.82) is 0 Å². The van der Waals surface area contributed by atoms with E-state index in [0.29, 0.717) is 21.4 Å². The van der Waals surface area contributed by atoms with Gasteiger partial charge in [0, 0.05) is 12.4 Å². The molecule has 3 nitrogen and oxygen atoms in total. The van der Waals surface area contributed by atoms with E-state index in [1.165, 1.54) is 6.07 Å². The summed E-state index contributed by atoms with van der Waals surface area (Å²) in [5.74, 6) is 0. The molecule has 76 valence electrons. The van der Waals surface area contributed by atoms with E-state index in [0.717, 1.165) is 0 Å². The molecule has 0 amide bonds. The van der Waals surface area contributed by atoms with Gasteiger partial charge in [-0.1, -0.05) is 34.8 Å². The van der Waals surface area contributed by atoms with Gasteiger partial charge in [-0.2, -0.15) is 0 Å². The zero-order valence-electron chi connectivity index (χ0n) is 7.28. The van der Waals surface area contributed by atoms with Gasteiger partial charge in [0.25, 0.3) is 0 Å². The molecule has 0 bridgehead atoms. The van der Waals surface area contributed by atoms with Crippen LogP contribution in [0.1, 0.15) is 0 Å². The monoisotopic (exact) mass is 259 g/mol. The molecule has 0 saturated carbocycles. The van der Waals surface area contributed by atoms with Crippen molar-refractivity contribution < 1.29 is 0 Å². The van der Waals surface area contributed by atoms with E-state index in [-0.39, 0.29) is 5.15 Å². The number of pyridine rings is 1. The molecule has 0 atom stereocenters. The van der Waals surface area contributed by atoms with Gasteiger partial charge in [-0.15, -0.1) is 0 Å². The van der Waals surface area contributed by atoms with Gasteiger partial charge in [-0.05, 0) is 6.07 Å². The predicted molar refractivity (Wildman–Crippen MR) is 60.3 cm³/mol. The lowest BCUT2D eigenvalue weighted by atomic mass is 10.3. The van der Waals surface area contributed by atoms with Crippen LogP contribution in [0, 0.1) is 0 Å². The van der Waals surface area contributed by atoms with Gasteiger partial charge in [0.05, 0.1) is 16.2 Å². The summed E-state index contributed by atoms with van der Waals surface area (Å²) in [6.45, 7) is 0. The van der Waals surface area contributed by atoms with Crippen LogP contribution in [0.3, 0.4) is 0 Å². The van der Waals surface area contributed by atoms with Crippen molar-refractivity contribution in [1.82, 2.24) is 15.0 Å². The Labute approximate surface area is 101 Å². The van der Waals surface area contributed by atoms with Gasteiger partial charge < -0.3 is 0 Å². The van der Waals surface area contributed by atoms with Crippen molar-refractivity contribution in [3.05, 3.63) is 39.9 Å². The number of rotatable bonds is 1. The van der Waals surface area contributed by atoms with Crippen LogP contribution >= 0.6 is 34.8 Å². The van der Waals surface area contributed by atoms with Crippen LogP contribution in [-0.4, -0.2) is 15.0 Å². The van der Waals surface area contributed by atoms with Gasteiger partial charge in [-0.25, -0.2) is 4.98 Å². The van der Waals surface area contributed by atoms with Crippen LogP contribution < -0.4 is 0 Å². The molecule has 0 aliphatic heterocycles. The zero-order valence-corrected chi connectivity index (χ0v) is 9.55. The summed E-state index contributed by atoms with van der Waals surface area (Å²) in [4.78, 5) is 12.0. The average Bonchev–Trinajstić information content (AvgIpc) is 2.25. The number of nitrogens with zero attached hydrogens (tertiary/aromatic N) is 3. The minimum Gasteiger partial charge on any atom is -0.261 e. The van der Waals surface area contributed by atoms with E-state index in [9.17, 15) is 0 Å². The van der Waals surface area contributed by atoms with Crippen LogP contribution in [0.2, 0.25) is 15.2 Å². The number of hydrogen-bond acceptors (Lipinski definition) is 3. The first-order valence-corrected chi connectivity index (χ1v) is 5.10. The van der Waals surface area contributed by atoms with Crippen molar-refractivity contribution in [3.8, 4) is 11.4 Å². The minimum atomic E-state index is 0.196. The van der Waals surface area contributed by atoms with Crippen LogP contribution in [0.25, 0.3) is 11.4 Å². The molecular weight excluding hydrogens is 256 g/mol. The third-order valence-corrected chi connectivity index (χ3v) is 2.65. The Morgan fingerprint density at radius 2 is 1.80 bits per heavy atom. The highest BCUT2D eigenvalue weighted by molar-refractivity contribution is 6.42.